The summed E-state index contributed by atoms with van der Waals surface area (Å²) < 4.78 is 0. The van der Waals surface area contributed by atoms with Crippen molar-refractivity contribution in [3.8, 4) is 0 Å². The molecule has 0 fully saturated rings. The van der Waals surface area contributed by atoms with E-state index in [2.05, 4.69) is 87.7 Å². The Labute approximate surface area is 214 Å². The van der Waals surface area contributed by atoms with Gasteiger partial charge in [0.25, 0.3) is 0 Å². The van der Waals surface area contributed by atoms with E-state index in [0.29, 0.717) is 0 Å². The van der Waals surface area contributed by atoms with E-state index < -0.39 is 0 Å². The second kappa shape index (κ2) is 27.5. The standard InChI is InChI=1S/C24H24.4C2H6.H2S/c1-5-14-19(6-2)23-17-12-13-18-24(23)22(8-4)21(7-3)20-15-10-9-11-16-20;4*1-2;/h5-18H,1-2H2,3-4H3;4*1-2H3;1H2/b19-14+,21-7-,22-8+;;;;;. The first kappa shape index (κ1) is 37.8. The maximum atomic E-state index is 3.96. The van der Waals surface area contributed by atoms with Gasteiger partial charge in [-0.15, -0.1) is 0 Å². The highest BCUT2D eigenvalue weighted by Crippen LogP contribution is 2.35. The number of hydrogen-bond donors (Lipinski definition) is 0. The zero-order valence-electron chi connectivity index (χ0n) is 23.0. The van der Waals surface area contributed by atoms with Crippen LogP contribution in [0.4, 0.5) is 0 Å². The van der Waals surface area contributed by atoms with Crippen LogP contribution in [0.3, 0.4) is 0 Å². The summed E-state index contributed by atoms with van der Waals surface area (Å²) in [6.07, 6.45) is 10.0. The molecule has 0 radical (unpaired) electrons. The van der Waals surface area contributed by atoms with Crippen LogP contribution in [0.15, 0.2) is 98.1 Å². The van der Waals surface area contributed by atoms with E-state index in [4.69, 9.17) is 0 Å². The van der Waals surface area contributed by atoms with Gasteiger partial charge in [-0.05, 0) is 47.3 Å². The second-order valence-corrected chi connectivity index (χ2v) is 5.38. The molecule has 0 saturated heterocycles. The summed E-state index contributed by atoms with van der Waals surface area (Å²) >= 11 is 0. The van der Waals surface area contributed by atoms with E-state index in [1.807, 2.05) is 73.6 Å². The Morgan fingerprint density at radius 1 is 0.606 bits per heavy atom. The van der Waals surface area contributed by atoms with Crippen molar-refractivity contribution < 1.29 is 0 Å². The van der Waals surface area contributed by atoms with Crippen LogP contribution in [0.2, 0.25) is 0 Å². The van der Waals surface area contributed by atoms with Crippen LogP contribution in [-0.2, 0) is 0 Å². The SMILES string of the molecule is C=C/C=C(\C=C)c1ccccc1C(=C/C)/C(=C\C)c1ccccc1.CC.CC.CC.CC.S. The molecule has 0 aliphatic carbocycles. The zero-order chi connectivity index (χ0) is 25.4. The highest BCUT2D eigenvalue weighted by Gasteiger charge is 2.13. The fraction of sp³-hybridized carbons (Fsp3) is 0.312. The molecular formula is C32H50S. The average Bonchev–Trinajstić information content (AvgIpc) is 2.91. The zero-order valence-corrected chi connectivity index (χ0v) is 24.0. The van der Waals surface area contributed by atoms with E-state index >= 15 is 0 Å². The van der Waals surface area contributed by atoms with E-state index in [0.717, 1.165) is 11.1 Å². The third-order valence-corrected chi connectivity index (χ3v) is 4.00. The number of benzene rings is 2. The van der Waals surface area contributed by atoms with Crippen LogP contribution < -0.4 is 0 Å². The summed E-state index contributed by atoms with van der Waals surface area (Å²) in [5.41, 5.74) is 7.10. The summed E-state index contributed by atoms with van der Waals surface area (Å²) in [6.45, 7) is 27.9. The van der Waals surface area contributed by atoms with Gasteiger partial charge in [0, 0.05) is 0 Å². The Hall–Kier alpha value is -2.51. The van der Waals surface area contributed by atoms with Gasteiger partial charge in [0.2, 0.25) is 0 Å². The summed E-state index contributed by atoms with van der Waals surface area (Å²) in [7, 11) is 0. The molecule has 0 amide bonds. The van der Waals surface area contributed by atoms with E-state index in [-0.39, 0.29) is 13.5 Å². The van der Waals surface area contributed by atoms with Gasteiger partial charge in [-0.3, -0.25) is 0 Å². The predicted octanol–water partition coefficient (Wildman–Crippen LogP) is 11.2. The predicted molar refractivity (Wildman–Crippen MR) is 164 cm³/mol. The molecule has 0 spiro atoms. The molecule has 0 N–H and O–H groups in total. The molecule has 2 aromatic rings. The summed E-state index contributed by atoms with van der Waals surface area (Å²) in [5.74, 6) is 0. The Bertz CT molecular complexity index is 805. The smallest absolute Gasteiger partial charge is 0.0103 e. The third kappa shape index (κ3) is 12.9. The van der Waals surface area contributed by atoms with Crippen LogP contribution in [-0.4, -0.2) is 0 Å². The fourth-order valence-electron chi connectivity index (χ4n) is 2.92. The van der Waals surface area contributed by atoms with Gasteiger partial charge in [-0.25, -0.2) is 0 Å². The van der Waals surface area contributed by atoms with Crippen molar-refractivity contribution in [2.75, 3.05) is 0 Å². The molecule has 0 heterocycles. The molecule has 0 saturated carbocycles. The Morgan fingerprint density at radius 2 is 1.03 bits per heavy atom. The molecule has 0 aliphatic rings. The van der Waals surface area contributed by atoms with Crippen LogP contribution in [0.5, 0.6) is 0 Å². The molecule has 1 heteroatoms. The Balaban J connectivity index is -0.000000421. The van der Waals surface area contributed by atoms with Gasteiger partial charge in [0.1, 0.15) is 0 Å². The molecule has 0 nitrogen and oxygen atoms in total. The van der Waals surface area contributed by atoms with E-state index in [1.54, 1.807) is 6.08 Å². The van der Waals surface area contributed by atoms with Crippen LogP contribution in [0.25, 0.3) is 16.7 Å². The highest BCUT2D eigenvalue weighted by atomic mass is 32.1. The number of allylic oxidation sites excluding steroid dienone is 8. The van der Waals surface area contributed by atoms with Gasteiger partial charge in [-0.1, -0.05) is 154 Å². The summed E-state index contributed by atoms with van der Waals surface area (Å²) in [5, 5.41) is 0. The minimum atomic E-state index is 0. The molecule has 2 rings (SSSR count). The van der Waals surface area contributed by atoms with Gasteiger partial charge in [0.05, 0.1) is 0 Å². The normalized spacial score (nSPS) is 10.1. The largest absolute Gasteiger partial charge is 0.197 e. The molecule has 33 heavy (non-hydrogen) atoms. The Kier molecular flexibility index (Phi) is 31.5. The first-order chi connectivity index (χ1) is 15.8. The van der Waals surface area contributed by atoms with Gasteiger partial charge < -0.3 is 0 Å². The first-order valence-electron chi connectivity index (χ1n) is 12.2. The lowest BCUT2D eigenvalue weighted by Crippen LogP contribution is -1.95. The summed E-state index contributed by atoms with van der Waals surface area (Å²) in [4.78, 5) is 0. The molecule has 0 aromatic heterocycles. The number of hydrogen-bond acceptors (Lipinski definition) is 0. The average molecular weight is 467 g/mol. The molecule has 184 valence electrons. The summed E-state index contributed by atoms with van der Waals surface area (Å²) in [6, 6.07) is 18.9. The molecule has 0 atom stereocenters. The van der Waals surface area contributed by atoms with Crippen molar-refractivity contribution in [1.82, 2.24) is 0 Å². The van der Waals surface area contributed by atoms with Crippen LogP contribution in [0, 0.1) is 0 Å². The monoisotopic (exact) mass is 466 g/mol. The number of rotatable bonds is 6. The molecule has 2 aromatic carbocycles. The van der Waals surface area contributed by atoms with Crippen LogP contribution >= 0.6 is 13.5 Å². The third-order valence-electron chi connectivity index (χ3n) is 4.00. The second-order valence-electron chi connectivity index (χ2n) is 5.38. The molecular weight excluding hydrogens is 416 g/mol. The van der Waals surface area contributed by atoms with Crippen molar-refractivity contribution in [2.45, 2.75) is 69.2 Å². The highest BCUT2D eigenvalue weighted by molar-refractivity contribution is 7.59. The van der Waals surface area contributed by atoms with Crippen LogP contribution in [0.1, 0.15) is 85.9 Å². The van der Waals surface area contributed by atoms with E-state index in [9.17, 15) is 0 Å². The topological polar surface area (TPSA) is 0 Å². The minimum Gasteiger partial charge on any atom is -0.197 e. The van der Waals surface area contributed by atoms with E-state index in [1.165, 1.54) is 22.3 Å². The van der Waals surface area contributed by atoms with Crippen molar-refractivity contribution in [3.05, 3.63) is 115 Å². The molecule has 0 unspecified atom stereocenters. The first-order valence-corrected chi connectivity index (χ1v) is 12.2. The van der Waals surface area contributed by atoms with Crippen molar-refractivity contribution in [2.24, 2.45) is 0 Å². The molecule has 0 aliphatic heterocycles. The fourth-order valence-corrected chi connectivity index (χ4v) is 2.92. The van der Waals surface area contributed by atoms with Crippen molar-refractivity contribution in [3.63, 3.8) is 0 Å². The quantitative estimate of drug-likeness (QED) is 0.371. The maximum Gasteiger partial charge on any atom is -0.0103 e. The minimum absolute atomic E-state index is 0. The lowest BCUT2D eigenvalue weighted by atomic mass is 9.87. The van der Waals surface area contributed by atoms with Gasteiger partial charge in [0.15, 0.2) is 0 Å². The lowest BCUT2D eigenvalue weighted by Gasteiger charge is -2.17. The Morgan fingerprint density at radius 3 is 1.42 bits per heavy atom. The lowest BCUT2D eigenvalue weighted by molar-refractivity contribution is 1.50. The molecule has 0 bridgehead atoms. The van der Waals surface area contributed by atoms with Crippen molar-refractivity contribution in [1.29, 1.82) is 0 Å². The van der Waals surface area contributed by atoms with Gasteiger partial charge in [-0.2, -0.15) is 13.5 Å². The maximum absolute atomic E-state index is 3.96. The van der Waals surface area contributed by atoms with Gasteiger partial charge >= 0.3 is 0 Å². The van der Waals surface area contributed by atoms with Crippen molar-refractivity contribution >= 4 is 30.2 Å².